The Morgan fingerprint density at radius 2 is 2.33 bits per heavy atom. The third-order valence-corrected chi connectivity index (χ3v) is 4.82. The Hall–Kier alpha value is -1.17. The Bertz CT molecular complexity index is 568. The molecule has 0 saturated heterocycles. The fourth-order valence-corrected chi connectivity index (χ4v) is 3.08. The summed E-state index contributed by atoms with van der Waals surface area (Å²) in [7, 11) is 0. The van der Waals surface area contributed by atoms with Crippen molar-refractivity contribution >= 4 is 28.1 Å². The molecule has 0 unspecified atom stereocenters. The van der Waals surface area contributed by atoms with E-state index >= 15 is 0 Å². The number of hydrogen-bond acceptors (Lipinski definition) is 6. The number of thioether (sulfide) groups is 1. The number of hydrogen-bond donors (Lipinski definition) is 1. The predicted octanol–water partition coefficient (Wildman–Crippen LogP) is 1.13. The summed E-state index contributed by atoms with van der Waals surface area (Å²) in [4.78, 5) is 0.766. The molecule has 0 aliphatic carbocycles. The van der Waals surface area contributed by atoms with Crippen LogP contribution in [0.25, 0.3) is 4.96 Å². The van der Waals surface area contributed by atoms with Crippen LogP contribution in [0.5, 0.6) is 0 Å². The Balaban J connectivity index is 2.29. The average molecular weight is 283 g/mol. The van der Waals surface area contributed by atoms with Gasteiger partial charge in [0.05, 0.1) is 11.8 Å². The Labute approximate surface area is 113 Å². The molecule has 0 bridgehead atoms. The van der Waals surface area contributed by atoms with E-state index in [9.17, 15) is 0 Å². The van der Waals surface area contributed by atoms with Crippen LogP contribution in [0.1, 0.15) is 32.1 Å². The summed E-state index contributed by atoms with van der Waals surface area (Å²) in [5.74, 6) is 1.65. The van der Waals surface area contributed by atoms with Crippen LogP contribution in [0.3, 0.4) is 0 Å². The van der Waals surface area contributed by atoms with E-state index in [1.165, 1.54) is 23.1 Å². The molecule has 2 heterocycles. The molecule has 3 N–H and O–H groups in total. The van der Waals surface area contributed by atoms with Crippen LogP contribution in [0, 0.1) is 17.2 Å². The minimum atomic E-state index is 0.0842. The van der Waals surface area contributed by atoms with Gasteiger partial charge in [0, 0.05) is 5.92 Å². The second-order valence-corrected chi connectivity index (χ2v) is 6.24. The zero-order chi connectivity index (χ0) is 13.1. The van der Waals surface area contributed by atoms with Crippen LogP contribution in [-0.4, -0.2) is 25.6 Å². The Morgan fingerprint density at radius 3 is 3.00 bits per heavy atom. The van der Waals surface area contributed by atoms with Crippen LogP contribution in [-0.2, 0) is 0 Å². The summed E-state index contributed by atoms with van der Waals surface area (Å²) in [5, 5.41) is 21.3. The quantitative estimate of drug-likeness (QED) is 0.830. The number of fused-ring (bicyclic) bond motifs is 1. The summed E-state index contributed by atoms with van der Waals surface area (Å²) in [6.45, 7) is 4.28. The van der Waals surface area contributed by atoms with Crippen molar-refractivity contribution in [1.82, 2.24) is 19.8 Å². The summed E-state index contributed by atoms with van der Waals surface area (Å²) in [6, 6.07) is 2.17. The van der Waals surface area contributed by atoms with Crippen molar-refractivity contribution in [2.45, 2.75) is 30.6 Å². The smallest absolute Gasteiger partial charge is 0.235 e. The van der Waals surface area contributed by atoms with Crippen molar-refractivity contribution < 1.29 is 5.73 Å². The molecule has 2 aromatic heterocycles. The molecule has 0 saturated carbocycles. The number of nitriles is 1. The molecule has 0 aliphatic rings. The average Bonchev–Trinajstić information content (AvgIpc) is 2.93. The lowest BCUT2D eigenvalue weighted by Gasteiger charge is -2.11. The molecule has 8 heteroatoms. The van der Waals surface area contributed by atoms with Gasteiger partial charge >= 0.3 is 0 Å². The summed E-state index contributed by atoms with van der Waals surface area (Å²) < 4.78 is 2.60. The van der Waals surface area contributed by atoms with Crippen molar-refractivity contribution in [2.24, 2.45) is 5.92 Å². The minimum Gasteiger partial charge on any atom is -0.348 e. The van der Waals surface area contributed by atoms with Gasteiger partial charge in [-0.2, -0.15) is 9.78 Å². The van der Waals surface area contributed by atoms with Crippen molar-refractivity contribution in [3.05, 3.63) is 5.82 Å². The summed E-state index contributed by atoms with van der Waals surface area (Å²) >= 11 is 2.88. The molecule has 0 aromatic carbocycles. The summed E-state index contributed by atoms with van der Waals surface area (Å²) in [5.41, 5.74) is 4.15. The molecular formula is C10H15N6S2+. The lowest BCUT2D eigenvalue weighted by Crippen LogP contribution is -2.57. The highest BCUT2D eigenvalue weighted by atomic mass is 32.2. The Morgan fingerprint density at radius 1 is 1.56 bits per heavy atom. The van der Waals surface area contributed by atoms with Crippen molar-refractivity contribution in [3.63, 3.8) is 0 Å². The van der Waals surface area contributed by atoms with Crippen LogP contribution >= 0.6 is 23.1 Å². The number of rotatable bonds is 5. The van der Waals surface area contributed by atoms with Gasteiger partial charge in [0.15, 0.2) is 4.34 Å². The molecule has 2 rings (SSSR count). The number of nitrogens with zero attached hydrogens (tertiary/aromatic N) is 5. The topological polar surface area (TPSA) is 94.5 Å². The molecule has 0 fully saturated rings. The first-order valence-corrected chi connectivity index (χ1v) is 7.52. The van der Waals surface area contributed by atoms with Crippen LogP contribution < -0.4 is 5.73 Å². The second kappa shape index (κ2) is 5.65. The van der Waals surface area contributed by atoms with Gasteiger partial charge in [-0.15, -0.1) is 15.3 Å². The van der Waals surface area contributed by atoms with Gasteiger partial charge in [0.25, 0.3) is 0 Å². The van der Waals surface area contributed by atoms with Gasteiger partial charge in [0.2, 0.25) is 10.8 Å². The fourth-order valence-electron chi connectivity index (χ4n) is 1.54. The van der Waals surface area contributed by atoms with E-state index in [0.717, 1.165) is 21.5 Å². The van der Waals surface area contributed by atoms with E-state index in [-0.39, 0.29) is 6.04 Å². The van der Waals surface area contributed by atoms with Gasteiger partial charge in [-0.25, -0.2) is 0 Å². The molecular weight excluding hydrogens is 268 g/mol. The zero-order valence-electron chi connectivity index (χ0n) is 10.3. The van der Waals surface area contributed by atoms with Crippen molar-refractivity contribution in [2.75, 3.05) is 5.75 Å². The molecule has 18 heavy (non-hydrogen) atoms. The first kappa shape index (κ1) is 13.3. The van der Waals surface area contributed by atoms with Gasteiger partial charge in [-0.3, -0.25) is 0 Å². The third kappa shape index (κ3) is 2.48. The molecule has 0 spiro atoms. The second-order valence-electron chi connectivity index (χ2n) is 4.06. The van der Waals surface area contributed by atoms with Gasteiger partial charge < -0.3 is 5.73 Å². The number of aromatic nitrogens is 4. The van der Waals surface area contributed by atoms with E-state index in [0.29, 0.717) is 11.7 Å². The molecule has 0 radical (unpaired) electrons. The maximum absolute atomic E-state index is 8.56. The standard InChI is InChI=1S/C10H14N6S2/c1-3-6(2)7(12)8-13-14-9-16(8)15-10(18-9)17-5-4-11/h6-7H,3,5,12H2,1-2H3/p+1/t6-,7-/m0/s1. The van der Waals surface area contributed by atoms with Gasteiger partial charge in [-0.1, -0.05) is 36.9 Å². The maximum atomic E-state index is 8.56. The van der Waals surface area contributed by atoms with Crippen LogP contribution in [0.15, 0.2) is 4.34 Å². The summed E-state index contributed by atoms with van der Waals surface area (Å²) in [6.07, 6.45) is 1.04. The first-order chi connectivity index (χ1) is 8.67. The van der Waals surface area contributed by atoms with Crippen molar-refractivity contribution in [3.8, 4) is 6.07 Å². The lowest BCUT2D eigenvalue weighted by atomic mass is 10.00. The molecule has 2 aromatic rings. The SMILES string of the molecule is CC[C@H](C)[C@H]([NH3+])c1nnc2sc(SCC#N)nn12. The maximum Gasteiger partial charge on any atom is 0.235 e. The van der Waals surface area contributed by atoms with Crippen molar-refractivity contribution in [1.29, 1.82) is 5.26 Å². The number of quaternary nitrogens is 1. The first-order valence-electron chi connectivity index (χ1n) is 5.72. The lowest BCUT2D eigenvalue weighted by molar-refractivity contribution is -0.441. The molecule has 2 atom stereocenters. The third-order valence-electron chi connectivity index (χ3n) is 2.92. The highest BCUT2D eigenvalue weighted by Gasteiger charge is 2.24. The van der Waals surface area contributed by atoms with Crippen LogP contribution in [0.2, 0.25) is 0 Å². The molecule has 0 aliphatic heterocycles. The molecule has 96 valence electrons. The van der Waals surface area contributed by atoms with E-state index in [4.69, 9.17) is 5.26 Å². The zero-order valence-corrected chi connectivity index (χ0v) is 12.0. The van der Waals surface area contributed by atoms with Gasteiger partial charge in [-0.05, 0) is 6.42 Å². The highest BCUT2D eigenvalue weighted by molar-refractivity contribution is 8.01. The molecule has 6 nitrogen and oxygen atoms in total. The van der Waals surface area contributed by atoms with Gasteiger partial charge in [0.1, 0.15) is 6.04 Å². The predicted molar refractivity (Wildman–Crippen MR) is 70.1 cm³/mol. The van der Waals surface area contributed by atoms with Crippen LogP contribution in [0.4, 0.5) is 0 Å². The Kier molecular flexibility index (Phi) is 4.16. The van der Waals surface area contributed by atoms with E-state index in [1.54, 1.807) is 4.52 Å². The van der Waals surface area contributed by atoms with E-state index < -0.39 is 0 Å². The fraction of sp³-hybridized carbons (Fsp3) is 0.600. The van der Waals surface area contributed by atoms with E-state index in [2.05, 4.69) is 40.9 Å². The van der Waals surface area contributed by atoms with E-state index in [1.807, 2.05) is 0 Å². The highest BCUT2D eigenvalue weighted by Crippen LogP contribution is 2.26. The monoisotopic (exact) mass is 283 g/mol. The largest absolute Gasteiger partial charge is 0.348 e. The normalized spacial score (nSPS) is 14.6. The minimum absolute atomic E-state index is 0.0842. The molecule has 0 amide bonds.